The lowest BCUT2D eigenvalue weighted by Crippen LogP contribution is -2.15. The van der Waals surface area contributed by atoms with Crippen LogP contribution in [0, 0.1) is 5.82 Å². The largest absolute Gasteiger partial charge is 0.508 e. The van der Waals surface area contributed by atoms with Crippen molar-refractivity contribution < 1.29 is 14.3 Å². The van der Waals surface area contributed by atoms with E-state index in [1.807, 2.05) is 0 Å². The highest BCUT2D eigenvalue weighted by Gasteiger charge is 2.08. The molecule has 0 fully saturated rings. The Labute approximate surface area is 103 Å². The SMILES string of the molecule is O=C(Cc1ccncc1)Nc1ccc(O)cc1F. The lowest BCUT2D eigenvalue weighted by Gasteiger charge is -2.06. The zero-order valence-electron chi connectivity index (χ0n) is 9.43. The second-order valence-electron chi connectivity index (χ2n) is 3.74. The van der Waals surface area contributed by atoms with Gasteiger partial charge in [-0.1, -0.05) is 0 Å². The molecule has 0 spiro atoms. The van der Waals surface area contributed by atoms with Crippen molar-refractivity contribution in [2.24, 2.45) is 0 Å². The fourth-order valence-corrected chi connectivity index (χ4v) is 1.49. The molecule has 92 valence electrons. The number of aromatic nitrogens is 1. The van der Waals surface area contributed by atoms with E-state index >= 15 is 0 Å². The van der Waals surface area contributed by atoms with E-state index in [1.165, 1.54) is 12.1 Å². The van der Waals surface area contributed by atoms with Gasteiger partial charge in [0.05, 0.1) is 12.1 Å². The maximum absolute atomic E-state index is 13.4. The standard InChI is InChI=1S/C13H11FN2O2/c14-11-8-10(17)1-2-12(11)16-13(18)7-9-3-5-15-6-4-9/h1-6,8,17H,7H2,(H,16,18). The topological polar surface area (TPSA) is 62.2 Å². The first-order valence-corrected chi connectivity index (χ1v) is 5.32. The van der Waals surface area contributed by atoms with E-state index in [2.05, 4.69) is 10.3 Å². The molecule has 1 aromatic heterocycles. The molecule has 2 N–H and O–H groups in total. The highest BCUT2D eigenvalue weighted by Crippen LogP contribution is 2.19. The fourth-order valence-electron chi connectivity index (χ4n) is 1.49. The number of benzene rings is 1. The van der Waals surface area contributed by atoms with Crippen LogP contribution in [0.15, 0.2) is 42.7 Å². The second kappa shape index (κ2) is 5.27. The molecule has 0 saturated carbocycles. The van der Waals surface area contributed by atoms with Gasteiger partial charge >= 0.3 is 0 Å². The zero-order chi connectivity index (χ0) is 13.0. The van der Waals surface area contributed by atoms with Crippen LogP contribution in [-0.4, -0.2) is 16.0 Å². The number of nitrogens with one attached hydrogen (secondary N) is 1. The molecule has 1 amide bonds. The Hall–Kier alpha value is -2.43. The first-order chi connectivity index (χ1) is 8.65. The van der Waals surface area contributed by atoms with Crippen molar-refractivity contribution in [2.45, 2.75) is 6.42 Å². The summed E-state index contributed by atoms with van der Waals surface area (Å²) in [5.41, 5.74) is 0.841. The summed E-state index contributed by atoms with van der Waals surface area (Å²) in [6, 6.07) is 7.00. The quantitative estimate of drug-likeness (QED) is 0.815. The number of carbonyl (C=O) groups is 1. The number of pyridine rings is 1. The van der Waals surface area contributed by atoms with Crippen molar-refractivity contribution in [1.82, 2.24) is 4.98 Å². The van der Waals surface area contributed by atoms with Crippen LogP contribution in [0.1, 0.15) is 5.56 Å². The maximum Gasteiger partial charge on any atom is 0.228 e. The van der Waals surface area contributed by atoms with Crippen molar-refractivity contribution in [1.29, 1.82) is 0 Å². The molecule has 0 aliphatic carbocycles. The van der Waals surface area contributed by atoms with Gasteiger partial charge in [-0.15, -0.1) is 0 Å². The average Bonchev–Trinajstić information content (AvgIpc) is 2.34. The first kappa shape index (κ1) is 12.0. The van der Waals surface area contributed by atoms with Crippen molar-refractivity contribution in [3.8, 4) is 5.75 Å². The van der Waals surface area contributed by atoms with Gasteiger partial charge in [0.1, 0.15) is 11.6 Å². The van der Waals surface area contributed by atoms with Crippen LogP contribution in [0.25, 0.3) is 0 Å². The number of hydrogen-bond acceptors (Lipinski definition) is 3. The van der Waals surface area contributed by atoms with Gasteiger partial charge in [-0.3, -0.25) is 9.78 Å². The van der Waals surface area contributed by atoms with Crippen molar-refractivity contribution in [3.63, 3.8) is 0 Å². The Bertz CT molecular complexity index is 558. The molecule has 1 heterocycles. The second-order valence-corrected chi connectivity index (χ2v) is 3.74. The Balaban J connectivity index is 2.03. The molecule has 0 unspecified atom stereocenters. The summed E-state index contributed by atoms with van der Waals surface area (Å²) in [7, 11) is 0. The summed E-state index contributed by atoms with van der Waals surface area (Å²) in [4.78, 5) is 15.5. The molecule has 0 aliphatic heterocycles. The Kier molecular flexibility index (Phi) is 3.52. The molecule has 0 radical (unpaired) electrons. The normalized spacial score (nSPS) is 10.1. The van der Waals surface area contributed by atoms with E-state index in [0.717, 1.165) is 11.6 Å². The van der Waals surface area contributed by atoms with Gasteiger partial charge in [-0.2, -0.15) is 0 Å². The smallest absolute Gasteiger partial charge is 0.228 e. The number of phenolic OH excluding ortho intramolecular Hbond substituents is 1. The van der Waals surface area contributed by atoms with Gasteiger partial charge in [0.15, 0.2) is 0 Å². The summed E-state index contributed by atoms with van der Waals surface area (Å²) in [6.07, 6.45) is 3.32. The van der Waals surface area contributed by atoms with Crippen LogP contribution in [0.3, 0.4) is 0 Å². The van der Waals surface area contributed by atoms with Crippen LogP contribution >= 0.6 is 0 Å². The van der Waals surface area contributed by atoms with Crippen LogP contribution < -0.4 is 5.32 Å². The van der Waals surface area contributed by atoms with Gasteiger partial charge in [-0.25, -0.2) is 4.39 Å². The highest BCUT2D eigenvalue weighted by atomic mass is 19.1. The van der Waals surface area contributed by atoms with E-state index in [9.17, 15) is 9.18 Å². The Morgan fingerprint density at radius 3 is 2.67 bits per heavy atom. The third-order valence-electron chi connectivity index (χ3n) is 2.34. The minimum Gasteiger partial charge on any atom is -0.508 e. The predicted octanol–water partition coefficient (Wildman–Crippen LogP) is 2.11. The monoisotopic (exact) mass is 246 g/mol. The van der Waals surface area contributed by atoms with Crippen LogP contribution in [-0.2, 0) is 11.2 Å². The summed E-state index contributed by atoms with van der Waals surface area (Å²) in [5.74, 6) is -1.18. The van der Waals surface area contributed by atoms with E-state index in [1.54, 1.807) is 24.5 Å². The summed E-state index contributed by atoms with van der Waals surface area (Å²) < 4.78 is 13.4. The molecular weight excluding hydrogens is 235 g/mol. The van der Waals surface area contributed by atoms with Crippen LogP contribution in [0.5, 0.6) is 5.75 Å². The maximum atomic E-state index is 13.4. The van der Waals surface area contributed by atoms with Crippen molar-refractivity contribution in [2.75, 3.05) is 5.32 Å². The number of halogens is 1. The van der Waals surface area contributed by atoms with Gasteiger partial charge < -0.3 is 10.4 Å². The third kappa shape index (κ3) is 3.04. The molecule has 18 heavy (non-hydrogen) atoms. The van der Waals surface area contributed by atoms with Crippen LogP contribution in [0.2, 0.25) is 0 Å². The Morgan fingerprint density at radius 2 is 2.00 bits per heavy atom. The summed E-state index contributed by atoms with van der Waals surface area (Å²) in [5, 5.41) is 11.5. The van der Waals surface area contributed by atoms with Gasteiger partial charge in [0, 0.05) is 18.5 Å². The molecule has 2 rings (SSSR count). The zero-order valence-corrected chi connectivity index (χ0v) is 9.43. The first-order valence-electron chi connectivity index (χ1n) is 5.32. The van der Waals surface area contributed by atoms with Crippen LogP contribution in [0.4, 0.5) is 10.1 Å². The van der Waals surface area contributed by atoms with E-state index in [0.29, 0.717) is 0 Å². The highest BCUT2D eigenvalue weighted by molar-refractivity contribution is 5.92. The number of nitrogens with zero attached hydrogens (tertiary/aromatic N) is 1. The molecule has 1 aromatic carbocycles. The fraction of sp³-hybridized carbons (Fsp3) is 0.0769. The van der Waals surface area contributed by atoms with Gasteiger partial charge in [0.2, 0.25) is 5.91 Å². The van der Waals surface area contributed by atoms with E-state index in [-0.39, 0.29) is 23.8 Å². The number of anilines is 1. The third-order valence-corrected chi connectivity index (χ3v) is 2.34. The Morgan fingerprint density at radius 1 is 1.28 bits per heavy atom. The lowest BCUT2D eigenvalue weighted by molar-refractivity contribution is -0.115. The number of rotatable bonds is 3. The molecular formula is C13H11FN2O2. The lowest BCUT2D eigenvalue weighted by atomic mass is 10.2. The number of amides is 1. The number of aromatic hydroxyl groups is 1. The average molecular weight is 246 g/mol. The van der Waals surface area contributed by atoms with Crippen molar-refractivity contribution >= 4 is 11.6 Å². The van der Waals surface area contributed by atoms with Gasteiger partial charge in [0.25, 0.3) is 0 Å². The number of carbonyl (C=O) groups excluding carboxylic acids is 1. The summed E-state index contributed by atoms with van der Waals surface area (Å²) >= 11 is 0. The molecule has 0 atom stereocenters. The van der Waals surface area contributed by atoms with Gasteiger partial charge in [-0.05, 0) is 29.8 Å². The molecule has 0 saturated heterocycles. The molecule has 2 aromatic rings. The number of hydrogen-bond donors (Lipinski definition) is 2. The summed E-state index contributed by atoms with van der Waals surface area (Å²) in [6.45, 7) is 0. The van der Waals surface area contributed by atoms with Crippen molar-refractivity contribution in [3.05, 3.63) is 54.1 Å². The van der Waals surface area contributed by atoms with E-state index in [4.69, 9.17) is 5.11 Å². The minimum absolute atomic E-state index is 0.0480. The number of phenols is 1. The molecule has 5 heteroatoms. The molecule has 4 nitrogen and oxygen atoms in total. The molecule has 0 bridgehead atoms. The van der Waals surface area contributed by atoms with E-state index < -0.39 is 5.82 Å². The minimum atomic E-state index is -0.668. The molecule has 0 aliphatic rings. The predicted molar refractivity (Wildman–Crippen MR) is 64.6 cm³/mol.